The van der Waals surface area contributed by atoms with Gasteiger partial charge in [-0.15, -0.1) is 0 Å². The smallest absolute Gasteiger partial charge is 0.268 e. The van der Waals surface area contributed by atoms with Crippen molar-refractivity contribution in [1.82, 2.24) is 0 Å². The average Bonchev–Trinajstić information content (AvgIpc) is 2.15. The summed E-state index contributed by atoms with van der Waals surface area (Å²) in [5, 5.41) is 0. The second kappa shape index (κ2) is 4.59. The Morgan fingerprint density at radius 3 is 2.29 bits per heavy atom. The summed E-state index contributed by atoms with van der Waals surface area (Å²) in [5.41, 5.74) is -0.159. The lowest BCUT2D eigenvalue weighted by Crippen LogP contribution is -1.95. The molecule has 78 valence electrons. The summed E-state index contributed by atoms with van der Waals surface area (Å²) >= 11 is 3.04. The van der Waals surface area contributed by atoms with Crippen LogP contribution in [0.3, 0.4) is 0 Å². The molecule has 0 bridgehead atoms. The van der Waals surface area contributed by atoms with Crippen LogP contribution in [0.1, 0.15) is 12.0 Å². The van der Waals surface area contributed by atoms with Gasteiger partial charge in [0.2, 0.25) is 0 Å². The molecule has 1 aromatic carbocycles. The van der Waals surface area contributed by atoms with Crippen molar-refractivity contribution < 1.29 is 18.3 Å². The van der Waals surface area contributed by atoms with E-state index >= 15 is 0 Å². The first-order valence-corrected chi connectivity index (χ1v) is 4.59. The second-order valence-electron chi connectivity index (χ2n) is 2.53. The zero-order valence-corrected chi connectivity index (χ0v) is 9.27. The van der Waals surface area contributed by atoms with Gasteiger partial charge in [0, 0.05) is 10.5 Å². The third-order valence-corrected chi connectivity index (χ3v) is 2.40. The fraction of sp³-hybridized carbons (Fsp3) is 0.333. The molecule has 2 nitrogen and oxygen atoms in total. The minimum absolute atomic E-state index is 0.117. The first-order valence-electron chi connectivity index (χ1n) is 3.79. The van der Waals surface area contributed by atoms with Crippen molar-refractivity contribution in [2.75, 3.05) is 14.2 Å². The number of rotatable bonds is 3. The largest absolute Gasteiger partial charge is 0.497 e. The average molecular weight is 267 g/mol. The molecule has 0 heterocycles. The monoisotopic (exact) mass is 266 g/mol. The standard InChI is InChI=1S/C9H9BrF2O2/c1-13-5-3-6(10)8(9(11)12)7(4-5)14-2/h3-4,9H,1-2H3. The van der Waals surface area contributed by atoms with Crippen molar-refractivity contribution in [2.45, 2.75) is 6.43 Å². The minimum Gasteiger partial charge on any atom is -0.497 e. The Morgan fingerprint density at radius 2 is 1.86 bits per heavy atom. The van der Waals surface area contributed by atoms with Crippen LogP contribution in [0.25, 0.3) is 0 Å². The van der Waals surface area contributed by atoms with Crippen LogP contribution in [0.15, 0.2) is 16.6 Å². The maximum atomic E-state index is 12.6. The zero-order valence-electron chi connectivity index (χ0n) is 7.68. The lowest BCUT2D eigenvalue weighted by molar-refractivity contribution is 0.146. The van der Waals surface area contributed by atoms with Gasteiger partial charge in [-0.25, -0.2) is 8.78 Å². The van der Waals surface area contributed by atoms with Gasteiger partial charge in [0.05, 0.1) is 19.8 Å². The molecule has 0 amide bonds. The summed E-state index contributed by atoms with van der Waals surface area (Å²) < 4.78 is 35.2. The van der Waals surface area contributed by atoms with E-state index in [1.54, 1.807) is 0 Å². The molecule has 0 spiro atoms. The number of methoxy groups -OCH3 is 2. The van der Waals surface area contributed by atoms with E-state index < -0.39 is 6.43 Å². The van der Waals surface area contributed by atoms with Crippen LogP contribution in [0.5, 0.6) is 11.5 Å². The van der Waals surface area contributed by atoms with E-state index in [4.69, 9.17) is 9.47 Å². The molecule has 0 aliphatic carbocycles. The fourth-order valence-corrected chi connectivity index (χ4v) is 1.66. The van der Waals surface area contributed by atoms with E-state index in [0.717, 1.165) is 0 Å². The SMILES string of the molecule is COc1cc(Br)c(C(F)F)c(OC)c1. The molecule has 1 aromatic rings. The summed E-state index contributed by atoms with van der Waals surface area (Å²) in [6.45, 7) is 0. The third-order valence-electron chi connectivity index (χ3n) is 1.74. The van der Waals surface area contributed by atoms with Crippen molar-refractivity contribution in [1.29, 1.82) is 0 Å². The summed E-state index contributed by atoms with van der Waals surface area (Å²) in [4.78, 5) is 0. The van der Waals surface area contributed by atoms with Crippen molar-refractivity contribution in [3.63, 3.8) is 0 Å². The number of hydrogen-bond acceptors (Lipinski definition) is 2. The Hall–Kier alpha value is -0.840. The Kier molecular flexibility index (Phi) is 3.69. The molecule has 0 N–H and O–H groups in total. The van der Waals surface area contributed by atoms with Gasteiger partial charge in [-0.05, 0) is 6.07 Å². The lowest BCUT2D eigenvalue weighted by atomic mass is 10.2. The number of alkyl halides is 2. The summed E-state index contributed by atoms with van der Waals surface area (Å²) in [6.07, 6.45) is -2.58. The predicted octanol–water partition coefficient (Wildman–Crippen LogP) is 3.40. The van der Waals surface area contributed by atoms with Gasteiger partial charge in [-0.3, -0.25) is 0 Å². The summed E-state index contributed by atoms with van der Waals surface area (Å²) in [6, 6.07) is 2.90. The van der Waals surface area contributed by atoms with E-state index in [1.165, 1.54) is 26.4 Å². The lowest BCUT2D eigenvalue weighted by Gasteiger charge is -2.11. The van der Waals surface area contributed by atoms with Gasteiger partial charge in [0.15, 0.2) is 0 Å². The molecule has 0 unspecified atom stereocenters. The molecule has 0 aliphatic rings. The highest BCUT2D eigenvalue weighted by molar-refractivity contribution is 9.10. The molecule has 0 fully saturated rings. The van der Waals surface area contributed by atoms with Crippen LogP contribution in [-0.4, -0.2) is 14.2 Å². The molecular formula is C9H9BrF2O2. The Balaban J connectivity index is 3.27. The molecule has 0 aromatic heterocycles. The molecule has 0 atom stereocenters. The Labute approximate surface area is 89.0 Å². The van der Waals surface area contributed by atoms with E-state index in [0.29, 0.717) is 5.75 Å². The first kappa shape index (κ1) is 11.2. The number of benzene rings is 1. The molecule has 0 aliphatic heterocycles. The van der Waals surface area contributed by atoms with E-state index in [-0.39, 0.29) is 15.8 Å². The van der Waals surface area contributed by atoms with Crippen molar-refractivity contribution >= 4 is 15.9 Å². The van der Waals surface area contributed by atoms with E-state index in [1.807, 2.05) is 0 Å². The van der Waals surface area contributed by atoms with Crippen molar-refractivity contribution in [3.05, 3.63) is 22.2 Å². The van der Waals surface area contributed by atoms with Gasteiger partial charge in [-0.1, -0.05) is 15.9 Å². The highest BCUT2D eigenvalue weighted by Crippen LogP contribution is 2.38. The number of ether oxygens (including phenoxy) is 2. The van der Waals surface area contributed by atoms with Gasteiger partial charge in [-0.2, -0.15) is 0 Å². The summed E-state index contributed by atoms with van der Waals surface area (Å²) in [5.74, 6) is 0.587. The van der Waals surface area contributed by atoms with Crippen LogP contribution in [0, 0.1) is 0 Å². The Bertz CT molecular complexity index is 329. The van der Waals surface area contributed by atoms with Crippen LogP contribution in [0.4, 0.5) is 8.78 Å². The third kappa shape index (κ3) is 2.15. The highest BCUT2D eigenvalue weighted by Gasteiger charge is 2.18. The molecule has 0 radical (unpaired) electrons. The molecule has 5 heteroatoms. The van der Waals surface area contributed by atoms with E-state index in [9.17, 15) is 8.78 Å². The fourth-order valence-electron chi connectivity index (χ4n) is 1.07. The number of halogens is 3. The molecule has 0 saturated carbocycles. The molecular weight excluding hydrogens is 258 g/mol. The Morgan fingerprint density at radius 1 is 1.21 bits per heavy atom. The molecule has 1 rings (SSSR count). The van der Waals surface area contributed by atoms with Gasteiger partial charge in [0.25, 0.3) is 6.43 Å². The van der Waals surface area contributed by atoms with Crippen LogP contribution < -0.4 is 9.47 Å². The zero-order chi connectivity index (χ0) is 10.7. The van der Waals surface area contributed by atoms with Crippen LogP contribution in [0.2, 0.25) is 0 Å². The molecule has 0 saturated heterocycles. The summed E-state index contributed by atoms with van der Waals surface area (Å²) in [7, 11) is 2.80. The van der Waals surface area contributed by atoms with Crippen molar-refractivity contribution in [3.8, 4) is 11.5 Å². The van der Waals surface area contributed by atoms with Gasteiger partial charge < -0.3 is 9.47 Å². The first-order chi connectivity index (χ1) is 6.60. The quantitative estimate of drug-likeness (QED) is 0.835. The normalized spacial score (nSPS) is 10.4. The predicted molar refractivity (Wildman–Crippen MR) is 52.2 cm³/mol. The maximum absolute atomic E-state index is 12.6. The maximum Gasteiger partial charge on any atom is 0.268 e. The topological polar surface area (TPSA) is 18.5 Å². The second-order valence-corrected chi connectivity index (χ2v) is 3.38. The van der Waals surface area contributed by atoms with Crippen molar-refractivity contribution in [2.24, 2.45) is 0 Å². The van der Waals surface area contributed by atoms with Gasteiger partial charge in [0.1, 0.15) is 11.5 Å². The van der Waals surface area contributed by atoms with E-state index in [2.05, 4.69) is 15.9 Å². The van der Waals surface area contributed by atoms with Crippen LogP contribution >= 0.6 is 15.9 Å². The molecule has 14 heavy (non-hydrogen) atoms. The van der Waals surface area contributed by atoms with Gasteiger partial charge >= 0.3 is 0 Å². The minimum atomic E-state index is -2.58. The van der Waals surface area contributed by atoms with Crippen LogP contribution in [-0.2, 0) is 0 Å². The number of hydrogen-bond donors (Lipinski definition) is 0. The highest BCUT2D eigenvalue weighted by atomic mass is 79.9.